The highest BCUT2D eigenvalue weighted by molar-refractivity contribution is 5.99. The maximum atomic E-state index is 12.5. The van der Waals surface area contributed by atoms with E-state index in [0.29, 0.717) is 29.7 Å². The minimum Gasteiger partial charge on any atom is -0.444 e. The summed E-state index contributed by atoms with van der Waals surface area (Å²) in [5, 5.41) is 9.59. The van der Waals surface area contributed by atoms with Crippen LogP contribution in [0.1, 0.15) is 43.6 Å². The van der Waals surface area contributed by atoms with Gasteiger partial charge in [-0.2, -0.15) is 5.26 Å². The van der Waals surface area contributed by atoms with Crippen LogP contribution in [0.15, 0.2) is 47.1 Å². The zero-order valence-electron chi connectivity index (χ0n) is 14.1. The Kier molecular flexibility index (Phi) is 3.96. The Morgan fingerprint density at radius 3 is 2.52 bits per heavy atom. The Morgan fingerprint density at radius 1 is 1.12 bits per heavy atom. The summed E-state index contributed by atoms with van der Waals surface area (Å²) in [5.41, 5.74) is 9.05. The van der Waals surface area contributed by atoms with Crippen molar-refractivity contribution in [2.24, 2.45) is 5.73 Å². The predicted molar refractivity (Wildman–Crippen MR) is 94.4 cm³/mol. The molecule has 1 saturated heterocycles. The van der Waals surface area contributed by atoms with Crippen molar-refractivity contribution in [2.45, 2.75) is 38.0 Å². The maximum absolute atomic E-state index is 12.5. The number of ether oxygens (including phenoxy) is 1. The summed E-state index contributed by atoms with van der Waals surface area (Å²) < 4.78 is 5.61. The summed E-state index contributed by atoms with van der Waals surface area (Å²) in [6.07, 6.45) is 4.42. The van der Waals surface area contributed by atoms with Crippen LogP contribution in [0, 0.1) is 11.3 Å². The molecule has 2 heterocycles. The average molecular weight is 335 g/mol. The standard InChI is InChI=1S/C20H21N3O2/c21-12-15-18(19-16(24)4-3-5-17(19)25-20(15)22)13-6-8-14(9-7-13)23-10-1-2-11-23/h6-9,18H,1-5,10-11,22H2/t18-/m1/s1. The Bertz CT molecular complexity index is 808. The maximum Gasteiger partial charge on any atom is 0.205 e. The molecule has 1 aliphatic carbocycles. The van der Waals surface area contributed by atoms with Gasteiger partial charge in [0.2, 0.25) is 5.88 Å². The summed E-state index contributed by atoms with van der Waals surface area (Å²) in [4.78, 5) is 14.9. The number of nitriles is 1. The molecule has 0 saturated carbocycles. The molecule has 128 valence electrons. The molecule has 0 unspecified atom stereocenters. The number of carbonyl (C=O) groups is 1. The molecule has 1 aromatic rings. The topological polar surface area (TPSA) is 79.4 Å². The van der Waals surface area contributed by atoms with Gasteiger partial charge in [-0.1, -0.05) is 12.1 Å². The smallest absolute Gasteiger partial charge is 0.205 e. The van der Waals surface area contributed by atoms with Crippen molar-refractivity contribution in [1.82, 2.24) is 0 Å². The van der Waals surface area contributed by atoms with Crippen molar-refractivity contribution in [3.8, 4) is 6.07 Å². The molecule has 2 aliphatic heterocycles. The summed E-state index contributed by atoms with van der Waals surface area (Å²) in [6.45, 7) is 2.17. The molecule has 5 heteroatoms. The van der Waals surface area contributed by atoms with E-state index in [2.05, 4.69) is 23.1 Å². The summed E-state index contributed by atoms with van der Waals surface area (Å²) in [7, 11) is 0. The molecule has 0 spiro atoms. The van der Waals surface area contributed by atoms with E-state index in [-0.39, 0.29) is 11.7 Å². The Morgan fingerprint density at radius 2 is 1.84 bits per heavy atom. The summed E-state index contributed by atoms with van der Waals surface area (Å²) in [5.74, 6) is 0.426. The lowest BCUT2D eigenvalue weighted by Gasteiger charge is -2.31. The van der Waals surface area contributed by atoms with E-state index in [1.54, 1.807) is 0 Å². The third-order valence-electron chi connectivity index (χ3n) is 5.30. The first-order valence-corrected chi connectivity index (χ1v) is 8.88. The third kappa shape index (κ3) is 2.68. The first-order valence-electron chi connectivity index (χ1n) is 8.88. The molecule has 5 nitrogen and oxygen atoms in total. The van der Waals surface area contributed by atoms with Crippen LogP contribution in [0.3, 0.4) is 0 Å². The second-order valence-corrected chi connectivity index (χ2v) is 6.82. The molecule has 0 radical (unpaired) electrons. The van der Waals surface area contributed by atoms with Gasteiger partial charge in [0.25, 0.3) is 0 Å². The normalized spacial score (nSPS) is 23.4. The number of rotatable bonds is 2. The molecule has 4 rings (SSSR count). The fraction of sp³-hybridized carbons (Fsp3) is 0.400. The molecular weight excluding hydrogens is 314 g/mol. The second kappa shape index (κ2) is 6.29. The van der Waals surface area contributed by atoms with Crippen LogP contribution >= 0.6 is 0 Å². The van der Waals surface area contributed by atoms with Gasteiger partial charge in [-0.25, -0.2) is 0 Å². The largest absolute Gasteiger partial charge is 0.444 e. The number of nitrogens with two attached hydrogens (primary N) is 1. The molecule has 1 fully saturated rings. The van der Waals surface area contributed by atoms with Crippen LogP contribution in [-0.4, -0.2) is 18.9 Å². The number of nitrogens with zero attached hydrogens (tertiary/aromatic N) is 2. The van der Waals surface area contributed by atoms with E-state index in [0.717, 1.165) is 25.1 Å². The lowest BCUT2D eigenvalue weighted by Crippen LogP contribution is -2.27. The number of allylic oxidation sites excluding steroid dienone is 3. The monoisotopic (exact) mass is 335 g/mol. The molecule has 0 bridgehead atoms. The van der Waals surface area contributed by atoms with Crippen LogP contribution in [0.5, 0.6) is 0 Å². The van der Waals surface area contributed by atoms with Gasteiger partial charge in [0.05, 0.1) is 5.92 Å². The van der Waals surface area contributed by atoms with E-state index >= 15 is 0 Å². The molecule has 1 atom stereocenters. The summed E-state index contributed by atoms with van der Waals surface area (Å²) >= 11 is 0. The van der Waals surface area contributed by atoms with Crippen molar-refractivity contribution >= 4 is 11.5 Å². The van der Waals surface area contributed by atoms with Crippen LogP contribution in [0.4, 0.5) is 5.69 Å². The number of hydrogen-bond acceptors (Lipinski definition) is 5. The lowest BCUT2D eigenvalue weighted by atomic mass is 9.77. The molecule has 1 aromatic carbocycles. The number of anilines is 1. The van der Waals surface area contributed by atoms with Crippen LogP contribution < -0.4 is 10.6 Å². The Balaban J connectivity index is 1.74. The molecule has 3 aliphatic rings. The van der Waals surface area contributed by atoms with Gasteiger partial charge in [0, 0.05) is 37.2 Å². The van der Waals surface area contributed by atoms with E-state index in [1.807, 2.05) is 12.1 Å². The van der Waals surface area contributed by atoms with Crippen LogP contribution in [-0.2, 0) is 9.53 Å². The lowest BCUT2D eigenvalue weighted by molar-refractivity contribution is -0.116. The first-order chi connectivity index (χ1) is 12.2. The van der Waals surface area contributed by atoms with Crippen molar-refractivity contribution in [1.29, 1.82) is 5.26 Å². The van der Waals surface area contributed by atoms with Gasteiger partial charge in [0.15, 0.2) is 5.78 Å². The van der Waals surface area contributed by atoms with E-state index in [9.17, 15) is 10.1 Å². The number of benzene rings is 1. The minimum atomic E-state index is -0.408. The fourth-order valence-electron chi connectivity index (χ4n) is 4.04. The highest BCUT2D eigenvalue weighted by Crippen LogP contribution is 2.43. The van der Waals surface area contributed by atoms with Gasteiger partial charge in [0.1, 0.15) is 17.4 Å². The molecule has 0 aromatic heterocycles. The Hall–Kier alpha value is -2.74. The van der Waals surface area contributed by atoms with Crippen LogP contribution in [0.2, 0.25) is 0 Å². The van der Waals surface area contributed by atoms with Crippen molar-refractivity contribution < 1.29 is 9.53 Å². The molecular formula is C20H21N3O2. The van der Waals surface area contributed by atoms with Crippen molar-refractivity contribution in [3.63, 3.8) is 0 Å². The van der Waals surface area contributed by atoms with Crippen molar-refractivity contribution in [3.05, 3.63) is 52.6 Å². The van der Waals surface area contributed by atoms with E-state index < -0.39 is 5.92 Å². The van der Waals surface area contributed by atoms with Gasteiger partial charge in [-0.3, -0.25) is 4.79 Å². The SMILES string of the molecule is N#CC1=C(N)OC2=C(C(=O)CCC2)[C@@H]1c1ccc(N2CCCC2)cc1. The minimum absolute atomic E-state index is 0.0649. The van der Waals surface area contributed by atoms with Crippen LogP contribution in [0.25, 0.3) is 0 Å². The highest BCUT2D eigenvalue weighted by atomic mass is 16.5. The van der Waals surface area contributed by atoms with Gasteiger partial charge < -0.3 is 15.4 Å². The highest BCUT2D eigenvalue weighted by Gasteiger charge is 2.37. The quantitative estimate of drug-likeness (QED) is 0.898. The predicted octanol–water partition coefficient (Wildman–Crippen LogP) is 3.10. The zero-order chi connectivity index (χ0) is 17.4. The van der Waals surface area contributed by atoms with Gasteiger partial charge in [-0.15, -0.1) is 0 Å². The first kappa shape index (κ1) is 15.8. The van der Waals surface area contributed by atoms with E-state index in [4.69, 9.17) is 10.5 Å². The number of ketones is 1. The van der Waals surface area contributed by atoms with Gasteiger partial charge in [-0.05, 0) is 37.0 Å². The number of hydrogen-bond donors (Lipinski definition) is 1. The van der Waals surface area contributed by atoms with E-state index in [1.165, 1.54) is 18.5 Å². The summed E-state index contributed by atoms with van der Waals surface area (Å²) in [6, 6.07) is 10.3. The molecule has 25 heavy (non-hydrogen) atoms. The Labute approximate surface area is 147 Å². The second-order valence-electron chi connectivity index (χ2n) is 6.82. The third-order valence-corrected chi connectivity index (χ3v) is 5.30. The average Bonchev–Trinajstić information content (AvgIpc) is 3.15. The molecule has 2 N–H and O–H groups in total. The van der Waals surface area contributed by atoms with Crippen molar-refractivity contribution in [2.75, 3.05) is 18.0 Å². The van der Waals surface area contributed by atoms with Gasteiger partial charge >= 0.3 is 0 Å². The number of carbonyl (C=O) groups excluding carboxylic acids is 1. The molecule has 0 amide bonds. The fourth-order valence-corrected chi connectivity index (χ4v) is 4.04. The number of Topliss-reactive ketones (excluding diaryl/α,β-unsaturated/α-hetero) is 1. The zero-order valence-corrected chi connectivity index (χ0v) is 14.1.